The SMILES string of the molecule is CCNC(c1ccc(Br)s1)C(C)S(C)(=O)=O. The summed E-state index contributed by atoms with van der Waals surface area (Å²) >= 11 is 4.96. The molecule has 0 fully saturated rings. The third-order valence-electron chi connectivity index (χ3n) is 2.47. The van der Waals surface area contributed by atoms with E-state index >= 15 is 0 Å². The van der Waals surface area contributed by atoms with Crippen molar-refractivity contribution < 1.29 is 8.42 Å². The van der Waals surface area contributed by atoms with Crippen molar-refractivity contribution in [1.82, 2.24) is 5.32 Å². The zero-order valence-electron chi connectivity index (χ0n) is 9.53. The molecule has 0 amide bonds. The second-order valence-electron chi connectivity index (χ2n) is 3.71. The standard InChI is InChI=1S/C10H16BrNO2S2/c1-4-12-10(7(2)16(3,13)14)8-5-6-9(11)15-8/h5-7,10,12H,4H2,1-3H3. The molecule has 16 heavy (non-hydrogen) atoms. The van der Waals surface area contributed by atoms with E-state index in [2.05, 4.69) is 21.2 Å². The van der Waals surface area contributed by atoms with Crippen LogP contribution in [0.2, 0.25) is 0 Å². The van der Waals surface area contributed by atoms with Crippen LogP contribution in [0.5, 0.6) is 0 Å². The second-order valence-corrected chi connectivity index (χ2v) is 8.61. The largest absolute Gasteiger partial charge is 0.308 e. The zero-order chi connectivity index (χ0) is 12.3. The molecule has 6 heteroatoms. The number of halogens is 1. The van der Waals surface area contributed by atoms with E-state index < -0.39 is 15.1 Å². The van der Waals surface area contributed by atoms with Gasteiger partial charge >= 0.3 is 0 Å². The van der Waals surface area contributed by atoms with Gasteiger partial charge in [-0.15, -0.1) is 11.3 Å². The number of hydrogen-bond donors (Lipinski definition) is 1. The Kier molecular flexibility index (Phi) is 4.97. The molecular weight excluding hydrogens is 310 g/mol. The van der Waals surface area contributed by atoms with Crippen LogP contribution in [-0.4, -0.2) is 26.5 Å². The van der Waals surface area contributed by atoms with Crippen LogP contribution >= 0.6 is 27.3 Å². The third kappa shape index (κ3) is 3.55. The van der Waals surface area contributed by atoms with E-state index in [9.17, 15) is 8.42 Å². The first-order chi connectivity index (χ1) is 7.36. The molecule has 0 bridgehead atoms. The minimum Gasteiger partial charge on any atom is -0.308 e. The van der Waals surface area contributed by atoms with Crippen molar-refractivity contribution in [2.75, 3.05) is 12.8 Å². The van der Waals surface area contributed by atoms with Crippen LogP contribution in [0.3, 0.4) is 0 Å². The number of nitrogens with one attached hydrogen (secondary N) is 1. The maximum atomic E-state index is 11.6. The highest BCUT2D eigenvalue weighted by molar-refractivity contribution is 9.11. The normalized spacial score (nSPS) is 16.0. The fourth-order valence-electron chi connectivity index (χ4n) is 1.46. The molecule has 1 aromatic rings. The smallest absolute Gasteiger partial charge is 0.151 e. The lowest BCUT2D eigenvalue weighted by atomic mass is 10.2. The summed E-state index contributed by atoms with van der Waals surface area (Å²) in [6.45, 7) is 4.47. The van der Waals surface area contributed by atoms with E-state index in [1.807, 2.05) is 19.1 Å². The molecule has 0 aliphatic carbocycles. The minimum absolute atomic E-state index is 0.128. The Bertz CT molecular complexity index is 441. The Hall–Kier alpha value is 0.0900. The Labute approximate surface area is 109 Å². The van der Waals surface area contributed by atoms with Gasteiger partial charge < -0.3 is 5.32 Å². The summed E-state index contributed by atoms with van der Waals surface area (Å²) in [4.78, 5) is 1.05. The zero-order valence-corrected chi connectivity index (χ0v) is 12.7. The summed E-state index contributed by atoms with van der Waals surface area (Å²) < 4.78 is 24.2. The topological polar surface area (TPSA) is 46.2 Å². The van der Waals surface area contributed by atoms with E-state index in [1.165, 1.54) is 6.26 Å². The average Bonchev–Trinajstić information content (AvgIpc) is 2.58. The molecule has 0 aromatic carbocycles. The second kappa shape index (κ2) is 5.62. The fourth-order valence-corrected chi connectivity index (χ4v) is 3.89. The molecule has 1 heterocycles. The maximum absolute atomic E-state index is 11.6. The van der Waals surface area contributed by atoms with Gasteiger partial charge in [0, 0.05) is 11.1 Å². The van der Waals surface area contributed by atoms with Gasteiger partial charge in [0.1, 0.15) is 0 Å². The molecule has 2 unspecified atom stereocenters. The monoisotopic (exact) mass is 325 g/mol. The molecule has 0 spiro atoms. The highest BCUT2D eigenvalue weighted by atomic mass is 79.9. The first-order valence-electron chi connectivity index (χ1n) is 5.03. The van der Waals surface area contributed by atoms with Crippen molar-refractivity contribution in [2.24, 2.45) is 0 Å². The van der Waals surface area contributed by atoms with Crippen molar-refractivity contribution in [3.8, 4) is 0 Å². The summed E-state index contributed by atoms with van der Waals surface area (Å²) in [6.07, 6.45) is 1.28. The molecule has 92 valence electrons. The Morgan fingerprint density at radius 2 is 2.12 bits per heavy atom. The number of thiophene rings is 1. The van der Waals surface area contributed by atoms with Gasteiger partial charge in [0.05, 0.1) is 15.1 Å². The van der Waals surface area contributed by atoms with Crippen LogP contribution in [0.4, 0.5) is 0 Å². The van der Waals surface area contributed by atoms with E-state index in [0.717, 1.165) is 15.2 Å². The summed E-state index contributed by atoms with van der Waals surface area (Å²) in [5.41, 5.74) is 0. The van der Waals surface area contributed by atoms with E-state index in [1.54, 1.807) is 18.3 Å². The molecule has 0 saturated carbocycles. The molecular formula is C10H16BrNO2S2. The van der Waals surface area contributed by atoms with E-state index in [-0.39, 0.29) is 6.04 Å². The number of rotatable bonds is 5. The van der Waals surface area contributed by atoms with Gasteiger partial charge in [0.15, 0.2) is 9.84 Å². The lowest BCUT2D eigenvalue weighted by Crippen LogP contribution is -2.34. The quantitative estimate of drug-likeness (QED) is 0.905. The van der Waals surface area contributed by atoms with Gasteiger partial charge in [-0.05, 0) is 41.5 Å². The molecule has 1 aromatic heterocycles. The molecule has 3 nitrogen and oxygen atoms in total. The van der Waals surface area contributed by atoms with Crippen LogP contribution in [0, 0.1) is 0 Å². The highest BCUT2D eigenvalue weighted by Crippen LogP contribution is 2.30. The van der Waals surface area contributed by atoms with Gasteiger partial charge in [0.2, 0.25) is 0 Å². The molecule has 2 atom stereocenters. The van der Waals surface area contributed by atoms with Crippen LogP contribution < -0.4 is 5.32 Å². The molecule has 0 radical (unpaired) electrons. The van der Waals surface area contributed by atoms with Crippen molar-refractivity contribution in [2.45, 2.75) is 25.1 Å². The van der Waals surface area contributed by atoms with Gasteiger partial charge in [-0.3, -0.25) is 0 Å². The van der Waals surface area contributed by atoms with Crippen LogP contribution in [0.1, 0.15) is 24.8 Å². The number of sulfone groups is 1. The molecule has 1 rings (SSSR count). The van der Waals surface area contributed by atoms with Crippen molar-refractivity contribution in [1.29, 1.82) is 0 Å². The Morgan fingerprint density at radius 1 is 1.50 bits per heavy atom. The van der Waals surface area contributed by atoms with Gasteiger partial charge in [-0.2, -0.15) is 0 Å². The minimum atomic E-state index is -3.03. The van der Waals surface area contributed by atoms with Gasteiger partial charge in [0.25, 0.3) is 0 Å². The molecule has 0 aliphatic heterocycles. The van der Waals surface area contributed by atoms with E-state index in [4.69, 9.17) is 0 Å². The van der Waals surface area contributed by atoms with Crippen LogP contribution in [0.15, 0.2) is 15.9 Å². The fraction of sp³-hybridized carbons (Fsp3) is 0.600. The predicted octanol–water partition coefficient (Wildman–Crippen LogP) is 2.59. The average molecular weight is 326 g/mol. The summed E-state index contributed by atoms with van der Waals surface area (Å²) in [5.74, 6) is 0. The Balaban J connectivity index is 3.00. The lowest BCUT2D eigenvalue weighted by molar-refractivity contribution is 0.518. The predicted molar refractivity (Wildman–Crippen MR) is 72.7 cm³/mol. The third-order valence-corrected chi connectivity index (χ3v) is 5.80. The van der Waals surface area contributed by atoms with Crippen molar-refractivity contribution in [3.63, 3.8) is 0 Å². The highest BCUT2D eigenvalue weighted by Gasteiger charge is 2.27. The van der Waals surface area contributed by atoms with Gasteiger partial charge in [-0.1, -0.05) is 6.92 Å². The first-order valence-corrected chi connectivity index (χ1v) is 8.60. The molecule has 0 aliphatic rings. The summed E-state index contributed by atoms with van der Waals surface area (Å²) in [5, 5.41) is 2.81. The van der Waals surface area contributed by atoms with Crippen molar-refractivity contribution >= 4 is 37.1 Å². The van der Waals surface area contributed by atoms with E-state index in [0.29, 0.717) is 0 Å². The molecule has 1 N–H and O–H groups in total. The first kappa shape index (κ1) is 14.2. The maximum Gasteiger partial charge on any atom is 0.151 e. The lowest BCUT2D eigenvalue weighted by Gasteiger charge is -2.22. The summed E-state index contributed by atoms with van der Waals surface area (Å²) in [6, 6.07) is 3.78. The Morgan fingerprint density at radius 3 is 2.50 bits per heavy atom. The van der Waals surface area contributed by atoms with Crippen LogP contribution in [0.25, 0.3) is 0 Å². The number of hydrogen-bond acceptors (Lipinski definition) is 4. The van der Waals surface area contributed by atoms with Crippen molar-refractivity contribution in [3.05, 3.63) is 20.8 Å². The van der Waals surface area contributed by atoms with Gasteiger partial charge in [-0.25, -0.2) is 8.42 Å². The van der Waals surface area contributed by atoms with Crippen LogP contribution in [-0.2, 0) is 9.84 Å². The molecule has 0 saturated heterocycles. The summed E-state index contributed by atoms with van der Waals surface area (Å²) in [7, 11) is -3.03.